The van der Waals surface area contributed by atoms with Crippen LogP contribution in [0.25, 0.3) is 0 Å². The molecule has 0 bridgehead atoms. The highest BCUT2D eigenvalue weighted by molar-refractivity contribution is 8.01. The van der Waals surface area contributed by atoms with Crippen LogP contribution in [0.1, 0.15) is 18.4 Å². The summed E-state index contributed by atoms with van der Waals surface area (Å²) in [4.78, 5) is 1.31. The van der Waals surface area contributed by atoms with E-state index in [9.17, 15) is 0 Å². The molecule has 3 heteroatoms. The lowest BCUT2D eigenvalue weighted by Crippen LogP contribution is -2.32. The predicted octanol–water partition coefficient (Wildman–Crippen LogP) is 3.54. The van der Waals surface area contributed by atoms with Crippen LogP contribution < -0.4 is 0 Å². The van der Waals surface area contributed by atoms with Crippen molar-refractivity contribution in [2.45, 2.75) is 28.9 Å². The number of thioether (sulfide) groups is 1. The molecular weight excluding hydrogens is 228 g/mol. The zero-order valence-corrected chi connectivity index (χ0v) is 10.0. The quantitative estimate of drug-likeness (QED) is 0.686. The summed E-state index contributed by atoms with van der Waals surface area (Å²) in [5.74, 6) is 0. The van der Waals surface area contributed by atoms with E-state index >= 15 is 0 Å². The summed E-state index contributed by atoms with van der Waals surface area (Å²) < 4.78 is 5.82. The molecule has 1 nitrogen and oxygen atoms in total. The Balaban J connectivity index is 1.94. The van der Waals surface area contributed by atoms with E-state index in [0.29, 0.717) is 4.75 Å². The third-order valence-corrected chi connectivity index (χ3v) is 5.38. The van der Waals surface area contributed by atoms with Crippen LogP contribution in [-0.4, -0.2) is 18.0 Å². The molecule has 0 unspecified atom stereocenters. The van der Waals surface area contributed by atoms with Crippen molar-refractivity contribution >= 4 is 23.4 Å². The molecule has 1 spiro atoms. The summed E-state index contributed by atoms with van der Waals surface area (Å²) in [6, 6.07) is 6.25. The first kappa shape index (κ1) is 10.0. The van der Waals surface area contributed by atoms with Crippen LogP contribution in [0, 0.1) is 0 Å². The minimum Gasteiger partial charge on any atom is -0.381 e. The van der Waals surface area contributed by atoms with E-state index in [0.717, 1.165) is 37.5 Å². The van der Waals surface area contributed by atoms with Gasteiger partial charge in [0.2, 0.25) is 0 Å². The van der Waals surface area contributed by atoms with Crippen molar-refractivity contribution in [2.75, 3.05) is 13.2 Å². The topological polar surface area (TPSA) is 9.23 Å². The highest BCUT2D eigenvalue weighted by atomic mass is 35.5. The lowest BCUT2D eigenvalue weighted by molar-refractivity contribution is 0.0782. The fourth-order valence-corrected chi connectivity index (χ4v) is 4.21. The third kappa shape index (κ3) is 1.69. The molecule has 2 aliphatic rings. The van der Waals surface area contributed by atoms with Gasteiger partial charge in [-0.2, -0.15) is 0 Å². The van der Waals surface area contributed by atoms with Crippen molar-refractivity contribution in [3.63, 3.8) is 0 Å². The number of halogens is 1. The average molecular weight is 241 g/mol. The molecule has 80 valence electrons. The minimum absolute atomic E-state index is 0.381. The van der Waals surface area contributed by atoms with Crippen LogP contribution in [0.5, 0.6) is 0 Å². The lowest BCUT2D eigenvalue weighted by Gasteiger charge is -2.32. The van der Waals surface area contributed by atoms with Gasteiger partial charge >= 0.3 is 0 Å². The molecule has 15 heavy (non-hydrogen) atoms. The zero-order valence-electron chi connectivity index (χ0n) is 8.46. The number of hydrogen-bond acceptors (Lipinski definition) is 2. The normalized spacial score (nSPS) is 23.0. The van der Waals surface area contributed by atoms with Gasteiger partial charge in [0.05, 0.1) is 5.02 Å². The van der Waals surface area contributed by atoms with E-state index in [1.807, 2.05) is 17.8 Å². The first-order valence-electron chi connectivity index (χ1n) is 5.33. The second-order valence-corrected chi connectivity index (χ2v) is 6.19. The molecule has 2 heterocycles. The molecule has 3 rings (SSSR count). The van der Waals surface area contributed by atoms with Crippen molar-refractivity contribution < 1.29 is 4.74 Å². The van der Waals surface area contributed by atoms with Gasteiger partial charge < -0.3 is 4.74 Å². The zero-order chi connectivity index (χ0) is 10.3. The Hall–Kier alpha value is -0.180. The van der Waals surface area contributed by atoms with Gasteiger partial charge in [0.1, 0.15) is 0 Å². The molecule has 2 aliphatic heterocycles. The summed E-state index contributed by atoms with van der Waals surface area (Å²) in [5, 5.41) is 0.917. The number of fused-ring (bicyclic) bond motifs is 1. The molecule has 0 saturated carbocycles. The fourth-order valence-electron chi connectivity index (χ4n) is 2.43. The van der Waals surface area contributed by atoms with E-state index in [1.54, 1.807) is 0 Å². The maximum atomic E-state index is 6.22. The Bertz CT molecular complexity index is 385. The Labute approximate surface area is 99.1 Å². The summed E-state index contributed by atoms with van der Waals surface area (Å²) in [7, 11) is 0. The maximum absolute atomic E-state index is 6.22. The second-order valence-electron chi connectivity index (χ2n) is 4.30. The Kier molecular flexibility index (Phi) is 2.46. The van der Waals surface area contributed by atoms with Gasteiger partial charge in [-0.15, -0.1) is 11.8 Å². The Morgan fingerprint density at radius 2 is 2.07 bits per heavy atom. The standard InChI is InChI=1S/C12H13ClOS/c13-10-3-1-2-9-8-12(15-11(9)10)4-6-14-7-5-12/h1-3H,4-8H2. The van der Waals surface area contributed by atoms with Crippen molar-refractivity contribution in [2.24, 2.45) is 0 Å². The first-order valence-corrected chi connectivity index (χ1v) is 6.53. The van der Waals surface area contributed by atoms with Crippen LogP contribution in [-0.2, 0) is 11.2 Å². The molecular formula is C12H13ClOS. The molecule has 0 radical (unpaired) electrons. The highest BCUT2D eigenvalue weighted by Gasteiger charge is 2.40. The Morgan fingerprint density at radius 1 is 1.27 bits per heavy atom. The molecule has 0 N–H and O–H groups in total. The molecule has 1 aromatic rings. The molecule has 0 aromatic heterocycles. The van der Waals surface area contributed by atoms with Crippen molar-refractivity contribution in [3.05, 3.63) is 28.8 Å². The van der Waals surface area contributed by atoms with Crippen molar-refractivity contribution in [1.82, 2.24) is 0 Å². The van der Waals surface area contributed by atoms with E-state index in [1.165, 1.54) is 10.5 Å². The Morgan fingerprint density at radius 3 is 2.80 bits per heavy atom. The van der Waals surface area contributed by atoms with E-state index in [-0.39, 0.29) is 0 Å². The van der Waals surface area contributed by atoms with Gasteiger partial charge in [-0.05, 0) is 30.9 Å². The molecule has 1 saturated heterocycles. The third-order valence-electron chi connectivity index (χ3n) is 3.28. The first-order chi connectivity index (χ1) is 7.29. The fraction of sp³-hybridized carbons (Fsp3) is 0.500. The minimum atomic E-state index is 0.381. The summed E-state index contributed by atoms with van der Waals surface area (Å²) in [6.07, 6.45) is 3.47. The highest BCUT2D eigenvalue weighted by Crippen LogP contribution is 2.52. The summed E-state index contributed by atoms with van der Waals surface area (Å²) >= 11 is 8.19. The van der Waals surface area contributed by atoms with Gasteiger partial charge in [-0.25, -0.2) is 0 Å². The van der Waals surface area contributed by atoms with E-state index in [4.69, 9.17) is 16.3 Å². The molecule has 1 aromatic carbocycles. The largest absolute Gasteiger partial charge is 0.381 e. The van der Waals surface area contributed by atoms with Crippen LogP contribution in [0.2, 0.25) is 5.02 Å². The van der Waals surface area contributed by atoms with E-state index in [2.05, 4.69) is 12.1 Å². The molecule has 0 atom stereocenters. The van der Waals surface area contributed by atoms with Gasteiger partial charge in [-0.1, -0.05) is 23.7 Å². The smallest absolute Gasteiger partial charge is 0.0544 e. The van der Waals surface area contributed by atoms with Crippen molar-refractivity contribution in [1.29, 1.82) is 0 Å². The summed E-state index contributed by atoms with van der Waals surface area (Å²) in [6.45, 7) is 1.80. The van der Waals surface area contributed by atoms with Gasteiger partial charge in [0.15, 0.2) is 0 Å². The monoisotopic (exact) mass is 240 g/mol. The van der Waals surface area contributed by atoms with Crippen LogP contribution in [0.15, 0.2) is 23.1 Å². The van der Waals surface area contributed by atoms with Crippen LogP contribution >= 0.6 is 23.4 Å². The van der Waals surface area contributed by atoms with Crippen molar-refractivity contribution in [3.8, 4) is 0 Å². The van der Waals surface area contributed by atoms with Gasteiger partial charge in [0, 0.05) is 22.9 Å². The second kappa shape index (κ2) is 3.69. The number of rotatable bonds is 0. The molecule has 0 amide bonds. The SMILES string of the molecule is Clc1cccc2c1SC1(CCOCC1)C2. The summed E-state index contributed by atoms with van der Waals surface area (Å²) in [5.41, 5.74) is 1.43. The number of benzene rings is 1. The number of hydrogen-bond donors (Lipinski definition) is 0. The van der Waals surface area contributed by atoms with Crippen LogP contribution in [0.3, 0.4) is 0 Å². The lowest BCUT2D eigenvalue weighted by atomic mass is 9.92. The maximum Gasteiger partial charge on any atom is 0.0544 e. The average Bonchev–Trinajstić information content (AvgIpc) is 2.59. The molecule has 1 fully saturated rings. The molecule has 0 aliphatic carbocycles. The van der Waals surface area contributed by atoms with Gasteiger partial charge in [0.25, 0.3) is 0 Å². The van der Waals surface area contributed by atoms with Crippen LogP contribution in [0.4, 0.5) is 0 Å². The van der Waals surface area contributed by atoms with E-state index < -0.39 is 0 Å². The predicted molar refractivity (Wildman–Crippen MR) is 63.8 cm³/mol. The number of ether oxygens (including phenoxy) is 1. The van der Waals surface area contributed by atoms with Gasteiger partial charge in [-0.3, -0.25) is 0 Å².